The molecule has 0 aliphatic carbocycles. The molecule has 0 radical (unpaired) electrons. The molecular formula is C66H28O12. The summed E-state index contributed by atoms with van der Waals surface area (Å²) >= 11 is 0. The van der Waals surface area contributed by atoms with Crippen molar-refractivity contribution < 1.29 is 50.2 Å². The molecule has 0 aromatic heterocycles. The van der Waals surface area contributed by atoms with Crippen molar-refractivity contribution >= 4 is 0 Å². The van der Waals surface area contributed by atoms with Gasteiger partial charge in [0.05, 0.1) is 22.5 Å². The second kappa shape index (κ2) is 61.5. The van der Waals surface area contributed by atoms with Crippen LogP contribution in [0, 0.1) is 81.5 Å². The first-order valence-corrected chi connectivity index (χ1v) is 19.4. The standard InChI is InChI=1S/C61H22O2.C5H4.H2O8.O2/c1-10-17-23-28-31-33-35-37-41-44-50-56(49-43-40-36-30-25-19-12-3)63-61(54-47-39-26-20-13-4)59(53-45-27-21-14-5)57(52-46-42-38-34-32-29-24-18-11-2)58(51-22-15-6)60(48-16-7)62-55(8)9;1-3-5-4-2;1-3-5-7-8-6-4-2;1-2/h50,56H,1-2,4-8H2,3,9H3;1H,2H3;1-2H;. The lowest BCUT2D eigenvalue weighted by molar-refractivity contribution is -0.810. The van der Waals surface area contributed by atoms with E-state index in [-0.39, 0.29) is 34.0 Å². The van der Waals surface area contributed by atoms with Gasteiger partial charge in [0.1, 0.15) is 0 Å². The molecule has 0 rings (SSSR count). The first kappa shape index (κ1) is 71.1. The molecule has 0 fully saturated rings. The predicted octanol–water partition coefficient (Wildman–Crippen LogP) is 10.7. The fourth-order valence-corrected chi connectivity index (χ4v) is 3.09. The van der Waals surface area contributed by atoms with Crippen molar-refractivity contribution in [2.24, 2.45) is 0 Å². The molecule has 2 N–H and O–H groups in total. The minimum absolute atomic E-state index is 0.00910. The Morgan fingerprint density at radius 1 is 0.436 bits per heavy atom. The van der Waals surface area contributed by atoms with Crippen molar-refractivity contribution in [3.05, 3.63) is 302 Å². The Balaban J connectivity index is -0.00000159. The largest absolute Gasteiger partial charge is 0.463 e. The molecule has 78 heavy (non-hydrogen) atoms. The third kappa shape index (κ3) is 48.9. The zero-order valence-electron chi connectivity index (χ0n) is 41.2. The van der Waals surface area contributed by atoms with Gasteiger partial charge < -0.3 is 9.47 Å². The minimum Gasteiger partial charge on any atom is -0.463 e. The molecular weight excluding hydrogens is 985 g/mol. The van der Waals surface area contributed by atoms with Crippen molar-refractivity contribution in [1.82, 2.24) is 0 Å². The van der Waals surface area contributed by atoms with Crippen LogP contribution in [-0.2, 0) is 39.7 Å². The summed E-state index contributed by atoms with van der Waals surface area (Å²) in [5, 5.41) is 33.0. The van der Waals surface area contributed by atoms with Crippen LogP contribution >= 0.6 is 0 Å². The van der Waals surface area contributed by atoms with Gasteiger partial charge in [0, 0.05) is 16.0 Å². The first-order chi connectivity index (χ1) is 38.3. The molecule has 0 amide bonds. The topological polar surface area (TPSA) is 148 Å². The number of rotatable bonds is 14. The van der Waals surface area contributed by atoms with E-state index in [1.165, 1.54) is 6.08 Å². The molecule has 0 heterocycles. The molecule has 0 aliphatic heterocycles. The van der Waals surface area contributed by atoms with Crippen LogP contribution in [0.4, 0.5) is 0 Å². The smallest absolute Gasteiger partial charge is 0.194 e. The van der Waals surface area contributed by atoms with E-state index in [9.17, 15) is 0 Å². The zero-order valence-corrected chi connectivity index (χ0v) is 41.2. The van der Waals surface area contributed by atoms with Crippen LogP contribution in [0.15, 0.2) is 292 Å². The highest BCUT2D eigenvalue weighted by atomic mass is 17.9. The van der Waals surface area contributed by atoms with Gasteiger partial charge in [-0.1, -0.05) is 58.5 Å². The summed E-state index contributed by atoms with van der Waals surface area (Å²) in [7, 11) is 0. The van der Waals surface area contributed by atoms with Crippen LogP contribution in [0.1, 0.15) is 20.8 Å². The van der Waals surface area contributed by atoms with Crippen molar-refractivity contribution in [3.8, 4) is 71.5 Å². The highest BCUT2D eigenvalue weighted by molar-refractivity contribution is 5.59. The van der Waals surface area contributed by atoms with Gasteiger partial charge in [0.25, 0.3) is 0 Å². The molecule has 1 unspecified atom stereocenters. The maximum absolute atomic E-state index is 7.28. The summed E-state index contributed by atoms with van der Waals surface area (Å²) < 4.78 is 12.3. The molecule has 0 saturated heterocycles. The Morgan fingerprint density at radius 3 is 1.24 bits per heavy atom. The summed E-state index contributed by atoms with van der Waals surface area (Å²) in [6, 6.07) is 0. The Hall–Kier alpha value is -13.5. The molecule has 0 aliphatic rings. The van der Waals surface area contributed by atoms with E-state index in [1.807, 2.05) is 0 Å². The third-order valence-electron chi connectivity index (χ3n) is 5.35. The Morgan fingerprint density at radius 2 is 0.821 bits per heavy atom. The van der Waals surface area contributed by atoms with E-state index in [0.29, 0.717) is 0 Å². The second-order valence-electron chi connectivity index (χ2n) is 10.2. The zero-order chi connectivity index (χ0) is 58.6. The second-order valence-corrected chi connectivity index (χ2v) is 10.2. The molecule has 0 saturated carbocycles. The van der Waals surface area contributed by atoms with Crippen LogP contribution < -0.4 is 0 Å². The molecule has 12 heteroatoms. The van der Waals surface area contributed by atoms with Gasteiger partial charge >= 0.3 is 0 Å². The highest BCUT2D eigenvalue weighted by Crippen LogP contribution is 2.30. The SMILES string of the molecule is C#CC#CC.C=C=C=C=C=C=C=C=C=C=C=CC(C#CC#CC#CC#CC)OC(=C=C=C=C=C=C=C)C(=C=C=C=C=C=C)C(=C=C=C=C=C=C=C=C=C=C=C)C(=C=C=C=C)C(=C=C=C)OC(=C)C.O=O.OOOOOOOO. The number of terminal acetylenes is 1. The van der Waals surface area contributed by atoms with Crippen molar-refractivity contribution in [1.29, 1.82) is 0 Å². The normalized spacial score (nSPS) is 6.15. The quantitative estimate of drug-likeness (QED) is 0.0324. The van der Waals surface area contributed by atoms with Gasteiger partial charge in [-0.15, -0.1) is 6.42 Å². The fraction of sp³-hybridized carbons (Fsp3) is 0.0606. The summed E-state index contributed by atoms with van der Waals surface area (Å²) in [4.78, 5) is 14.0. The Labute approximate surface area is 449 Å². The summed E-state index contributed by atoms with van der Waals surface area (Å²) in [6.45, 7) is 29.7. The van der Waals surface area contributed by atoms with Gasteiger partial charge in [-0.25, -0.2) is 10.5 Å². The van der Waals surface area contributed by atoms with E-state index < -0.39 is 6.10 Å². The van der Waals surface area contributed by atoms with E-state index in [4.69, 9.17) is 36.3 Å². The number of allylic oxidation sites excluding steroid dienone is 3. The van der Waals surface area contributed by atoms with Crippen molar-refractivity contribution in [2.75, 3.05) is 0 Å². The Kier molecular flexibility index (Phi) is 56.0. The molecule has 0 aromatic carbocycles. The fourth-order valence-electron chi connectivity index (χ4n) is 3.09. The van der Waals surface area contributed by atoms with Crippen molar-refractivity contribution in [3.63, 3.8) is 0 Å². The number of hydrogen-bond donors (Lipinski definition) is 2. The maximum atomic E-state index is 7.28. The summed E-state index contributed by atoms with van der Waals surface area (Å²) in [6.07, 6.45) is 4.91. The van der Waals surface area contributed by atoms with Crippen LogP contribution in [0.25, 0.3) is 0 Å². The van der Waals surface area contributed by atoms with Gasteiger partial charge in [0.15, 0.2) is 17.6 Å². The lowest BCUT2D eigenvalue weighted by atomic mass is 9.96. The lowest BCUT2D eigenvalue weighted by Gasteiger charge is -2.15. The maximum Gasteiger partial charge on any atom is 0.194 e. The Bertz CT molecular complexity index is 4240. The number of hydrogen-bond acceptors (Lipinski definition) is 12. The summed E-state index contributed by atoms with van der Waals surface area (Å²) in [5.41, 5.74) is 93.7. The molecule has 1 atom stereocenters. The lowest BCUT2D eigenvalue weighted by Crippen LogP contribution is -2.10. The van der Waals surface area contributed by atoms with Crippen LogP contribution in [0.5, 0.6) is 0 Å². The number of ether oxygens (including phenoxy) is 2. The minimum atomic E-state index is -1.18. The van der Waals surface area contributed by atoms with Gasteiger partial charge in [-0.05, 0) is 310 Å². The van der Waals surface area contributed by atoms with Crippen molar-refractivity contribution in [2.45, 2.75) is 26.9 Å². The molecule has 12 nitrogen and oxygen atoms in total. The third-order valence-corrected chi connectivity index (χ3v) is 5.35. The molecule has 364 valence electrons. The highest BCUT2D eigenvalue weighted by Gasteiger charge is 2.23. The first-order valence-electron chi connectivity index (χ1n) is 19.4. The van der Waals surface area contributed by atoms with E-state index in [2.05, 4.69) is 348 Å². The molecule has 0 spiro atoms. The van der Waals surface area contributed by atoms with Gasteiger partial charge in [-0.2, -0.15) is 0 Å². The van der Waals surface area contributed by atoms with E-state index in [0.717, 1.165) is 0 Å². The molecule has 0 bridgehead atoms. The van der Waals surface area contributed by atoms with E-state index >= 15 is 0 Å². The van der Waals surface area contributed by atoms with Crippen LogP contribution in [0.2, 0.25) is 0 Å². The monoisotopic (exact) mass is 1010 g/mol. The van der Waals surface area contributed by atoms with Crippen LogP contribution in [-0.4, -0.2) is 16.6 Å². The van der Waals surface area contributed by atoms with Gasteiger partial charge in [0.2, 0.25) is 0 Å². The van der Waals surface area contributed by atoms with E-state index in [1.54, 1.807) is 20.8 Å². The molecule has 0 aromatic rings. The van der Waals surface area contributed by atoms with Gasteiger partial charge in [-0.3, -0.25) is 0 Å². The average molecular weight is 1010 g/mol. The summed E-state index contributed by atoms with van der Waals surface area (Å²) in [5.74, 6) is 28.2. The average Bonchev–Trinajstić information content (AvgIpc) is 3.44. The predicted molar refractivity (Wildman–Crippen MR) is 281 cm³/mol. The van der Waals surface area contributed by atoms with Crippen LogP contribution in [0.3, 0.4) is 0 Å².